The first-order chi connectivity index (χ1) is 10.5. The summed E-state index contributed by atoms with van der Waals surface area (Å²) in [5.41, 5.74) is 1.50. The van der Waals surface area contributed by atoms with E-state index in [9.17, 15) is 8.42 Å². The second-order valence-corrected chi connectivity index (χ2v) is 7.40. The van der Waals surface area contributed by atoms with Gasteiger partial charge in [0.25, 0.3) is 10.0 Å². The smallest absolute Gasteiger partial charge is 0.276 e. The molecule has 2 heterocycles. The summed E-state index contributed by atoms with van der Waals surface area (Å²) < 4.78 is 25.9. The van der Waals surface area contributed by atoms with Crippen molar-refractivity contribution in [3.05, 3.63) is 52.3 Å². The molecule has 9 heteroatoms. The van der Waals surface area contributed by atoms with Crippen molar-refractivity contribution >= 4 is 44.1 Å². The molecule has 3 rings (SSSR count). The van der Waals surface area contributed by atoms with Gasteiger partial charge in [-0.05, 0) is 19.1 Å². The lowest BCUT2D eigenvalue weighted by Gasteiger charge is -2.03. The van der Waals surface area contributed by atoms with Gasteiger partial charge >= 0.3 is 0 Å². The molecule has 2 aromatic heterocycles. The highest BCUT2D eigenvalue weighted by Crippen LogP contribution is 2.19. The van der Waals surface area contributed by atoms with Crippen LogP contribution in [-0.4, -0.2) is 24.0 Å². The summed E-state index contributed by atoms with van der Waals surface area (Å²) in [5, 5.41) is 5.89. The number of sulfonamides is 1. The molecule has 0 radical (unpaired) electrons. The van der Waals surface area contributed by atoms with Gasteiger partial charge in [0.2, 0.25) is 0 Å². The number of rotatable bonds is 4. The second-order valence-electron chi connectivity index (χ2n) is 4.51. The van der Waals surface area contributed by atoms with Crippen LogP contribution in [0.25, 0.3) is 4.96 Å². The topological polar surface area (TPSA) is 75.8 Å². The van der Waals surface area contributed by atoms with Gasteiger partial charge in [0.05, 0.1) is 11.1 Å². The van der Waals surface area contributed by atoms with Gasteiger partial charge in [-0.15, -0.1) is 11.3 Å². The SMILES string of the molecule is Cc1ccc(S(=O)(=O)N/N=C/c2c(Cl)nc3sccn23)cc1. The van der Waals surface area contributed by atoms with Crippen LogP contribution in [0.15, 0.2) is 45.8 Å². The first kappa shape index (κ1) is 15.0. The van der Waals surface area contributed by atoms with E-state index in [4.69, 9.17) is 11.6 Å². The molecule has 0 amide bonds. The summed E-state index contributed by atoms with van der Waals surface area (Å²) in [4.78, 5) is 7.16. The van der Waals surface area contributed by atoms with Crippen LogP contribution in [0.5, 0.6) is 0 Å². The monoisotopic (exact) mass is 354 g/mol. The Morgan fingerprint density at radius 3 is 2.82 bits per heavy atom. The average molecular weight is 355 g/mol. The van der Waals surface area contributed by atoms with Crippen LogP contribution >= 0.6 is 22.9 Å². The fraction of sp³-hybridized carbons (Fsp3) is 0.0769. The van der Waals surface area contributed by atoms with Crippen LogP contribution in [0.3, 0.4) is 0 Å². The summed E-state index contributed by atoms with van der Waals surface area (Å²) in [7, 11) is -3.70. The van der Waals surface area contributed by atoms with Crippen molar-refractivity contribution < 1.29 is 8.42 Å². The minimum atomic E-state index is -3.70. The highest BCUT2D eigenvalue weighted by Gasteiger charge is 2.13. The Hall–Kier alpha value is -1.90. The molecule has 0 aliphatic carbocycles. The van der Waals surface area contributed by atoms with Gasteiger partial charge in [0.1, 0.15) is 5.69 Å². The van der Waals surface area contributed by atoms with E-state index in [1.54, 1.807) is 22.7 Å². The molecule has 1 N–H and O–H groups in total. The number of nitrogens with zero attached hydrogens (tertiary/aromatic N) is 3. The van der Waals surface area contributed by atoms with Crippen molar-refractivity contribution in [2.45, 2.75) is 11.8 Å². The molecule has 0 atom stereocenters. The summed E-state index contributed by atoms with van der Waals surface area (Å²) in [6.07, 6.45) is 3.12. The number of hydrogen-bond acceptors (Lipinski definition) is 5. The Bertz CT molecular complexity index is 942. The Kier molecular flexibility index (Phi) is 3.90. The predicted octanol–water partition coefficient (Wildman–Crippen LogP) is 2.67. The minimum Gasteiger partial charge on any atom is -0.288 e. The molecule has 0 fully saturated rings. The van der Waals surface area contributed by atoms with Crippen molar-refractivity contribution in [2.75, 3.05) is 0 Å². The number of aryl methyl sites for hydroxylation is 1. The molecule has 0 saturated heterocycles. The van der Waals surface area contributed by atoms with Gasteiger partial charge in [0, 0.05) is 11.6 Å². The van der Waals surface area contributed by atoms with Gasteiger partial charge in [-0.2, -0.15) is 13.5 Å². The van der Waals surface area contributed by atoms with Crippen LogP contribution in [0.2, 0.25) is 5.15 Å². The van der Waals surface area contributed by atoms with Crippen LogP contribution < -0.4 is 4.83 Å². The third kappa shape index (κ3) is 2.85. The lowest BCUT2D eigenvalue weighted by Crippen LogP contribution is -2.18. The Labute approximate surface area is 136 Å². The largest absolute Gasteiger partial charge is 0.288 e. The minimum absolute atomic E-state index is 0.148. The standard InChI is InChI=1S/C13H11ClN4O2S2/c1-9-2-4-10(5-3-9)22(19,20)17-15-8-11-12(14)16-13-18(11)6-7-21-13/h2-8,17H,1H3/b15-8+. The van der Waals surface area contributed by atoms with E-state index in [0.717, 1.165) is 5.56 Å². The number of fused-ring (bicyclic) bond motifs is 1. The van der Waals surface area contributed by atoms with E-state index in [1.165, 1.54) is 29.7 Å². The van der Waals surface area contributed by atoms with Gasteiger partial charge in [-0.25, -0.2) is 9.82 Å². The average Bonchev–Trinajstić information content (AvgIpc) is 3.02. The third-order valence-corrected chi connectivity index (χ3v) is 5.22. The molecular weight excluding hydrogens is 344 g/mol. The number of thiazole rings is 1. The summed E-state index contributed by atoms with van der Waals surface area (Å²) in [6, 6.07) is 6.49. The Morgan fingerprint density at radius 2 is 2.09 bits per heavy atom. The molecule has 0 aliphatic rings. The van der Waals surface area contributed by atoms with Crippen molar-refractivity contribution in [3.63, 3.8) is 0 Å². The quantitative estimate of drug-likeness (QED) is 0.578. The molecule has 22 heavy (non-hydrogen) atoms. The van der Waals surface area contributed by atoms with Crippen molar-refractivity contribution in [1.82, 2.24) is 14.2 Å². The van der Waals surface area contributed by atoms with E-state index in [1.807, 2.05) is 12.3 Å². The zero-order chi connectivity index (χ0) is 15.7. The lowest BCUT2D eigenvalue weighted by atomic mass is 10.2. The van der Waals surface area contributed by atoms with Crippen molar-refractivity contribution in [1.29, 1.82) is 0 Å². The van der Waals surface area contributed by atoms with E-state index in [2.05, 4.69) is 14.9 Å². The van der Waals surface area contributed by atoms with E-state index >= 15 is 0 Å². The Balaban J connectivity index is 1.83. The maximum absolute atomic E-state index is 12.1. The number of benzene rings is 1. The molecule has 0 bridgehead atoms. The van der Waals surface area contributed by atoms with E-state index in [-0.39, 0.29) is 10.0 Å². The zero-order valence-electron chi connectivity index (χ0n) is 11.4. The molecule has 114 valence electrons. The van der Waals surface area contributed by atoms with Crippen molar-refractivity contribution in [3.8, 4) is 0 Å². The van der Waals surface area contributed by atoms with E-state index < -0.39 is 10.0 Å². The Morgan fingerprint density at radius 1 is 1.36 bits per heavy atom. The predicted molar refractivity (Wildman–Crippen MR) is 87.2 cm³/mol. The van der Waals surface area contributed by atoms with Gasteiger partial charge < -0.3 is 0 Å². The molecule has 0 unspecified atom stereocenters. The van der Waals surface area contributed by atoms with Crippen LogP contribution in [-0.2, 0) is 10.0 Å². The maximum atomic E-state index is 12.1. The molecular formula is C13H11ClN4O2S2. The zero-order valence-corrected chi connectivity index (χ0v) is 13.8. The number of imidazole rings is 1. The highest BCUT2D eigenvalue weighted by molar-refractivity contribution is 7.89. The number of hydrogen-bond donors (Lipinski definition) is 1. The summed E-state index contributed by atoms with van der Waals surface area (Å²) in [5.74, 6) is 0. The fourth-order valence-corrected chi connectivity index (χ4v) is 3.60. The molecule has 0 spiro atoms. The lowest BCUT2D eigenvalue weighted by molar-refractivity contribution is 0.584. The molecule has 1 aromatic carbocycles. The van der Waals surface area contributed by atoms with Crippen LogP contribution in [0, 0.1) is 6.92 Å². The van der Waals surface area contributed by atoms with Crippen LogP contribution in [0.4, 0.5) is 0 Å². The molecule has 6 nitrogen and oxygen atoms in total. The molecule has 3 aromatic rings. The van der Waals surface area contributed by atoms with Gasteiger partial charge in [-0.1, -0.05) is 29.3 Å². The normalized spacial score (nSPS) is 12.3. The fourth-order valence-electron chi connectivity index (χ4n) is 1.82. The van der Waals surface area contributed by atoms with Gasteiger partial charge in [0.15, 0.2) is 10.1 Å². The second kappa shape index (κ2) is 5.71. The molecule has 0 aliphatic heterocycles. The number of halogens is 1. The van der Waals surface area contributed by atoms with E-state index in [0.29, 0.717) is 10.7 Å². The highest BCUT2D eigenvalue weighted by atomic mass is 35.5. The van der Waals surface area contributed by atoms with Gasteiger partial charge in [-0.3, -0.25) is 4.40 Å². The first-order valence-electron chi connectivity index (χ1n) is 6.20. The maximum Gasteiger partial charge on any atom is 0.276 e. The summed E-state index contributed by atoms with van der Waals surface area (Å²) >= 11 is 7.43. The number of aromatic nitrogens is 2. The number of nitrogens with one attached hydrogen (secondary N) is 1. The summed E-state index contributed by atoms with van der Waals surface area (Å²) in [6.45, 7) is 1.88. The number of hydrazone groups is 1. The third-order valence-electron chi connectivity index (χ3n) is 2.95. The van der Waals surface area contributed by atoms with Crippen LogP contribution in [0.1, 0.15) is 11.3 Å². The van der Waals surface area contributed by atoms with Crippen molar-refractivity contribution in [2.24, 2.45) is 5.10 Å². The molecule has 0 saturated carbocycles. The first-order valence-corrected chi connectivity index (χ1v) is 8.94.